The third-order valence-corrected chi connectivity index (χ3v) is 4.03. The highest BCUT2D eigenvalue weighted by Gasteiger charge is 2.21. The van der Waals surface area contributed by atoms with Gasteiger partial charge in [-0.25, -0.2) is 4.39 Å². The number of hydrogen-bond donors (Lipinski definition) is 1. The van der Waals surface area contributed by atoms with Gasteiger partial charge in [0.25, 0.3) is 0 Å². The molecule has 1 fully saturated rings. The van der Waals surface area contributed by atoms with E-state index in [1.807, 2.05) is 6.07 Å². The van der Waals surface area contributed by atoms with Crippen LogP contribution in [0.4, 0.5) is 4.39 Å². The Balaban J connectivity index is 1.95. The summed E-state index contributed by atoms with van der Waals surface area (Å²) in [4.78, 5) is 0. The van der Waals surface area contributed by atoms with Crippen LogP contribution in [0.5, 0.6) is 0 Å². The standard InChI is InChI=1S/C16H23ClFNO/c1-2-7-19-13(11-14-4-3-8-20-14)9-12-5-6-15(17)16(18)10-12/h5-6,10,13-14,19H,2-4,7-9,11H2,1H3. The molecule has 2 unspecified atom stereocenters. The maximum atomic E-state index is 13.5. The van der Waals surface area contributed by atoms with Crippen LogP contribution in [0, 0.1) is 5.82 Å². The van der Waals surface area contributed by atoms with Crippen molar-refractivity contribution < 1.29 is 9.13 Å². The Morgan fingerprint density at radius 2 is 2.35 bits per heavy atom. The minimum Gasteiger partial charge on any atom is -0.378 e. The van der Waals surface area contributed by atoms with Crippen LogP contribution in [0.2, 0.25) is 5.02 Å². The molecule has 0 saturated carbocycles. The second kappa shape index (κ2) is 7.96. The Morgan fingerprint density at radius 1 is 1.50 bits per heavy atom. The molecule has 1 heterocycles. The van der Waals surface area contributed by atoms with Crippen molar-refractivity contribution in [3.8, 4) is 0 Å². The average Bonchev–Trinajstić information content (AvgIpc) is 2.93. The van der Waals surface area contributed by atoms with Crippen LogP contribution in [0.15, 0.2) is 18.2 Å². The van der Waals surface area contributed by atoms with Crippen LogP contribution >= 0.6 is 11.6 Å². The molecule has 0 aliphatic carbocycles. The monoisotopic (exact) mass is 299 g/mol. The third kappa shape index (κ3) is 4.72. The Bertz CT molecular complexity index is 421. The van der Waals surface area contributed by atoms with Crippen LogP contribution in [0.3, 0.4) is 0 Å². The molecule has 112 valence electrons. The van der Waals surface area contributed by atoms with Gasteiger partial charge >= 0.3 is 0 Å². The van der Waals surface area contributed by atoms with Gasteiger partial charge in [0, 0.05) is 12.6 Å². The predicted molar refractivity (Wildman–Crippen MR) is 80.8 cm³/mol. The highest BCUT2D eigenvalue weighted by Crippen LogP contribution is 2.21. The molecule has 1 aromatic rings. The van der Waals surface area contributed by atoms with Crippen molar-refractivity contribution in [3.05, 3.63) is 34.6 Å². The summed E-state index contributed by atoms with van der Waals surface area (Å²) < 4.78 is 19.2. The quantitative estimate of drug-likeness (QED) is 0.823. The van der Waals surface area contributed by atoms with Gasteiger partial charge < -0.3 is 10.1 Å². The summed E-state index contributed by atoms with van der Waals surface area (Å²) in [5.74, 6) is -0.337. The molecule has 2 rings (SSSR count). The van der Waals surface area contributed by atoms with E-state index in [2.05, 4.69) is 12.2 Å². The zero-order valence-electron chi connectivity index (χ0n) is 12.0. The predicted octanol–water partition coefficient (Wildman–Crippen LogP) is 3.96. The minimum atomic E-state index is -0.337. The zero-order valence-corrected chi connectivity index (χ0v) is 12.8. The lowest BCUT2D eigenvalue weighted by atomic mass is 9.99. The van der Waals surface area contributed by atoms with Crippen molar-refractivity contribution >= 4 is 11.6 Å². The molecule has 0 radical (unpaired) electrons. The normalized spacial score (nSPS) is 20.2. The lowest BCUT2D eigenvalue weighted by Crippen LogP contribution is -2.35. The van der Waals surface area contributed by atoms with Crippen molar-refractivity contribution in [2.75, 3.05) is 13.2 Å². The molecule has 2 nitrogen and oxygen atoms in total. The minimum absolute atomic E-state index is 0.186. The lowest BCUT2D eigenvalue weighted by Gasteiger charge is -2.22. The maximum absolute atomic E-state index is 13.5. The number of nitrogens with one attached hydrogen (secondary N) is 1. The number of rotatable bonds is 7. The molecule has 20 heavy (non-hydrogen) atoms. The van der Waals surface area contributed by atoms with Gasteiger partial charge in [0.05, 0.1) is 11.1 Å². The van der Waals surface area contributed by atoms with E-state index in [0.29, 0.717) is 12.1 Å². The molecule has 4 heteroatoms. The second-order valence-electron chi connectivity index (χ2n) is 5.47. The van der Waals surface area contributed by atoms with Crippen LogP contribution < -0.4 is 5.32 Å². The summed E-state index contributed by atoms with van der Waals surface area (Å²) in [6, 6.07) is 5.41. The fourth-order valence-electron chi connectivity index (χ4n) is 2.69. The highest BCUT2D eigenvalue weighted by atomic mass is 35.5. The highest BCUT2D eigenvalue weighted by molar-refractivity contribution is 6.30. The van der Waals surface area contributed by atoms with Gasteiger partial charge in [-0.1, -0.05) is 24.6 Å². The number of ether oxygens (including phenoxy) is 1. The summed E-state index contributed by atoms with van der Waals surface area (Å²) in [7, 11) is 0. The Kier molecular flexibility index (Phi) is 6.27. The molecule has 0 aromatic heterocycles. The molecule has 1 aromatic carbocycles. The lowest BCUT2D eigenvalue weighted by molar-refractivity contribution is 0.0946. The van der Waals surface area contributed by atoms with E-state index in [1.54, 1.807) is 12.1 Å². The molecule has 0 amide bonds. The maximum Gasteiger partial charge on any atom is 0.142 e. The third-order valence-electron chi connectivity index (χ3n) is 3.72. The Morgan fingerprint density at radius 3 is 3.00 bits per heavy atom. The van der Waals surface area contributed by atoms with E-state index in [9.17, 15) is 4.39 Å². The van der Waals surface area contributed by atoms with E-state index < -0.39 is 0 Å². The van der Waals surface area contributed by atoms with E-state index in [0.717, 1.165) is 50.8 Å². The fraction of sp³-hybridized carbons (Fsp3) is 0.625. The number of hydrogen-bond acceptors (Lipinski definition) is 2. The van der Waals surface area contributed by atoms with Crippen molar-refractivity contribution in [2.45, 2.75) is 51.2 Å². The van der Waals surface area contributed by atoms with E-state index >= 15 is 0 Å². The summed E-state index contributed by atoms with van der Waals surface area (Å²) in [5.41, 5.74) is 0.985. The first-order chi connectivity index (χ1) is 9.69. The largest absolute Gasteiger partial charge is 0.378 e. The Hall–Kier alpha value is -0.640. The summed E-state index contributed by atoms with van der Waals surface area (Å²) in [6.45, 7) is 4.01. The number of benzene rings is 1. The first-order valence-electron chi connectivity index (χ1n) is 7.48. The van der Waals surface area contributed by atoms with Crippen molar-refractivity contribution in [3.63, 3.8) is 0 Å². The van der Waals surface area contributed by atoms with Gasteiger partial charge in [0.2, 0.25) is 0 Å². The van der Waals surface area contributed by atoms with Crippen LogP contribution in [0.25, 0.3) is 0 Å². The van der Waals surface area contributed by atoms with Gasteiger partial charge in [-0.2, -0.15) is 0 Å². The molecule has 1 aliphatic rings. The van der Waals surface area contributed by atoms with E-state index in [1.165, 1.54) is 0 Å². The van der Waals surface area contributed by atoms with Gasteiger partial charge in [0.15, 0.2) is 0 Å². The first-order valence-corrected chi connectivity index (χ1v) is 7.85. The van der Waals surface area contributed by atoms with Crippen molar-refractivity contribution in [1.29, 1.82) is 0 Å². The van der Waals surface area contributed by atoms with Gasteiger partial charge in [0.1, 0.15) is 5.82 Å². The van der Waals surface area contributed by atoms with Gasteiger partial charge in [-0.3, -0.25) is 0 Å². The molecule has 0 bridgehead atoms. The topological polar surface area (TPSA) is 21.3 Å². The van der Waals surface area contributed by atoms with Crippen LogP contribution in [-0.4, -0.2) is 25.3 Å². The van der Waals surface area contributed by atoms with E-state index in [-0.39, 0.29) is 10.8 Å². The fourth-order valence-corrected chi connectivity index (χ4v) is 2.80. The molecule has 2 atom stereocenters. The molecule has 1 aliphatic heterocycles. The second-order valence-corrected chi connectivity index (χ2v) is 5.88. The molecule has 0 spiro atoms. The molecule has 1 N–H and O–H groups in total. The van der Waals surface area contributed by atoms with Crippen LogP contribution in [0.1, 0.15) is 38.2 Å². The summed E-state index contributed by atoms with van der Waals surface area (Å²) in [6.07, 6.45) is 5.54. The van der Waals surface area contributed by atoms with E-state index in [4.69, 9.17) is 16.3 Å². The van der Waals surface area contributed by atoms with Crippen molar-refractivity contribution in [1.82, 2.24) is 5.32 Å². The van der Waals surface area contributed by atoms with Crippen molar-refractivity contribution in [2.24, 2.45) is 0 Å². The molecular weight excluding hydrogens is 277 g/mol. The Labute approximate surface area is 125 Å². The molecule has 1 saturated heterocycles. The molecular formula is C16H23ClFNO. The SMILES string of the molecule is CCCNC(Cc1ccc(Cl)c(F)c1)CC1CCCO1. The number of halogens is 2. The van der Waals surface area contributed by atoms with Gasteiger partial charge in [-0.15, -0.1) is 0 Å². The smallest absolute Gasteiger partial charge is 0.142 e. The summed E-state index contributed by atoms with van der Waals surface area (Å²) in [5, 5.41) is 3.73. The van der Waals surface area contributed by atoms with Gasteiger partial charge in [-0.05, 0) is 56.3 Å². The summed E-state index contributed by atoms with van der Waals surface area (Å²) >= 11 is 5.73. The average molecular weight is 300 g/mol. The zero-order chi connectivity index (χ0) is 14.4. The first kappa shape index (κ1) is 15.7. The van der Waals surface area contributed by atoms with Crippen LogP contribution in [-0.2, 0) is 11.2 Å².